The molecule has 6 nitrogen and oxygen atoms in total. The molecule has 0 aromatic carbocycles. The van der Waals surface area contributed by atoms with Crippen LogP contribution in [0.15, 0.2) is 0 Å². The van der Waals surface area contributed by atoms with E-state index < -0.39 is 24.0 Å². The standard InChI is InChI=1S/C23H42O6/c1-5-9-11-13-14-16-18-19(17-15-12-10-6-2)21(24)29-20(22(25)27-7-3)23(26)28-8-4/h19-20H,5-18H2,1-4H3. The summed E-state index contributed by atoms with van der Waals surface area (Å²) in [6.07, 6.45) is 10.9. The van der Waals surface area contributed by atoms with Gasteiger partial charge in [-0.25, -0.2) is 9.59 Å². The zero-order chi connectivity index (χ0) is 21.9. The van der Waals surface area contributed by atoms with Gasteiger partial charge in [-0.2, -0.15) is 0 Å². The van der Waals surface area contributed by atoms with Gasteiger partial charge in [0.2, 0.25) is 0 Å². The molecule has 0 saturated heterocycles. The van der Waals surface area contributed by atoms with Crippen LogP contribution in [0, 0.1) is 5.92 Å². The number of rotatable bonds is 18. The minimum Gasteiger partial charge on any atom is -0.463 e. The number of hydrogen-bond acceptors (Lipinski definition) is 6. The molecule has 0 aliphatic heterocycles. The van der Waals surface area contributed by atoms with E-state index >= 15 is 0 Å². The Bertz CT molecular complexity index is 431. The van der Waals surface area contributed by atoms with Crippen molar-refractivity contribution in [1.29, 1.82) is 0 Å². The van der Waals surface area contributed by atoms with Gasteiger partial charge < -0.3 is 14.2 Å². The average Bonchev–Trinajstić information content (AvgIpc) is 2.70. The fourth-order valence-corrected chi connectivity index (χ4v) is 3.21. The summed E-state index contributed by atoms with van der Waals surface area (Å²) in [6, 6.07) is 0. The van der Waals surface area contributed by atoms with Gasteiger partial charge in [-0.1, -0.05) is 78.1 Å². The molecular weight excluding hydrogens is 372 g/mol. The Morgan fingerprint density at radius 2 is 1.00 bits per heavy atom. The molecule has 0 radical (unpaired) electrons. The predicted molar refractivity (Wildman–Crippen MR) is 113 cm³/mol. The van der Waals surface area contributed by atoms with E-state index in [0.717, 1.165) is 44.9 Å². The topological polar surface area (TPSA) is 78.9 Å². The van der Waals surface area contributed by atoms with Crippen LogP contribution in [0.3, 0.4) is 0 Å². The van der Waals surface area contributed by atoms with Crippen LogP contribution < -0.4 is 0 Å². The third kappa shape index (κ3) is 13.3. The van der Waals surface area contributed by atoms with Crippen LogP contribution in [0.2, 0.25) is 0 Å². The Labute approximate surface area is 177 Å². The van der Waals surface area contributed by atoms with Crippen molar-refractivity contribution in [2.45, 2.75) is 111 Å². The fraction of sp³-hybridized carbons (Fsp3) is 0.870. The van der Waals surface area contributed by atoms with E-state index in [1.165, 1.54) is 25.7 Å². The Morgan fingerprint density at radius 3 is 1.45 bits per heavy atom. The van der Waals surface area contributed by atoms with E-state index in [4.69, 9.17) is 14.2 Å². The van der Waals surface area contributed by atoms with E-state index in [2.05, 4.69) is 13.8 Å². The molecule has 0 aromatic heterocycles. The molecule has 29 heavy (non-hydrogen) atoms. The summed E-state index contributed by atoms with van der Waals surface area (Å²) in [4.78, 5) is 36.9. The van der Waals surface area contributed by atoms with E-state index in [1.807, 2.05) is 0 Å². The van der Waals surface area contributed by atoms with Gasteiger partial charge in [0.1, 0.15) is 0 Å². The Hall–Kier alpha value is -1.59. The summed E-state index contributed by atoms with van der Waals surface area (Å²) in [7, 11) is 0. The lowest BCUT2D eigenvalue weighted by Crippen LogP contribution is -2.39. The lowest BCUT2D eigenvalue weighted by Gasteiger charge is -2.20. The second kappa shape index (κ2) is 18.4. The molecule has 0 amide bonds. The summed E-state index contributed by atoms with van der Waals surface area (Å²) in [5.41, 5.74) is 0. The summed E-state index contributed by atoms with van der Waals surface area (Å²) < 4.78 is 15.1. The molecule has 170 valence electrons. The smallest absolute Gasteiger partial charge is 0.359 e. The van der Waals surface area contributed by atoms with Crippen LogP contribution in [-0.2, 0) is 28.6 Å². The molecule has 1 unspecified atom stereocenters. The van der Waals surface area contributed by atoms with Crippen LogP contribution in [0.25, 0.3) is 0 Å². The molecule has 0 saturated carbocycles. The largest absolute Gasteiger partial charge is 0.463 e. The van der Waals surface area contributed by atoms with Gasteiger partial charge in [-0.05, 0) is 26.7 Å². The first-order valence-corrected chi connectivity index (χ1v) is 11.5. The highest BCUT2D eigenvalue weighted by molar-refractivity contribution is 5.99. The second-order valence-corrected chi connectivity index (χ2v) is 7.42. The molecule has 6 heteroatoms. The van der Waals surface area contributed by atoms with Crippen molar-refractivity contribution in [1.82, 2.24) is 0 Å². The van der Waals surface area contributed by atoms with Gasteiger partial charge in [0.05, 0.1) is 19.1 Å². The summed E-state index contributed by atoms with van der Waals surface area (Å²) in [5.74, 6) is -2.54. The third-order valence-corrected chi connectivity index (χ3v) is 4.88. The van der Waals surface area contributed by atoms with Crippen molar-refractivity contribution in [2.24, 2.45) is 5.92 Å². The Morgan fingerprint density at radius 1 is 0.586 bits per heavy atom. The minimum atomic E-state index is -1.63. The van der Waals surface area contributed by atoms with E-state index in [0.29, 0.717) is 6.42 Å². The van der Waals surface area contributed by atoms with Crippen LogP contribution in [0.1, 0.15) is 105 Å². The fourth-order valence-electron chi connectivity index (χ4n) is 3.21. The number of carbonyl (C=O) groups is 3. The van der Waals surface area contributed by atoms with Crippen LogP contribution in [0.5, 0.6) is 0 Å². The van der Waals surface area contributed by atoms with Crippen molar-refractivity contribution in [3.8, 4) is 0 Å². The molecule has 0 rings (SSSR count). The zero-order valence-electron chi connectivity index (χ0n) is 19.0. The van der Waals surface area contributed by atoms with Gasteiger partial charge in [-0.3, -0.25) is 4.79 Å². The molecule has 0 fully saturated rings. The number of esters is 3. The normalized spacial score (nSPS) is 11.9. The molecule has 0 bridgehead atoms. The van der Waals surface area contributed by atoms with Gasteiger partial charge in [0.15, 0.2) is 0 Å². The number of unbranched alkanes of at least 4 members (excludes halogenated alkanes) is 8. The van der Waals surface area contributed by atoms with Gasteiger partial charge >= 0.3 is 17.9 Å². The molecule has 0 heterocycles. The molecule has 1 atom stereocenters. The van der Waals surface area contributed by atoms with E-state index in [-0.39, 0.29) is 19.1 Å². The van der Waals surface area contributed by atoms with E-state index in [9.17, 15) is 14.4 Å². The minimum absolute atomic E-state index is 0.102. The maximum absolute atomic E-state index is 12.8. The third-order valence-electron chi connectivity index (χ3n) is 4.88. The highest BCUT2D eigenvalue weighted by atomic mass is 16.6. The van der Waals surface area contributed by atoms with Crippen molar-refractivity contribution in [2.75, 3.05) is 13.2 Å². The SMILES string of the molecule is CCCCCCCCC(CCCCCC)C(=O)OC(C(=O)OCC)C(=O)OCC. The Kier molecular flexibility index (Phi) is 17.4. The first-order valence-electron chi connectivity index (χ1n) is 11.5. The quantitative estimate of drug-likeness (QED) is 0.130. The number of carbonyl (C=O) groups excluding carboxylic acids is 3. The first-order chi connectivity index (χ1) is 14.0. The van der Waals surface area contributed by atoms with Gasteiger partial charge in [0, 0.05) is 0 Å². The predicted octanol–water partition coefficient (Wildman–Crippen LogP) is 5.36. The van der Waals surface area contributed by atoms with Gasteiger partial charge in [-0.15, -0.1) is 0 Å². The lowest BCUT2D eigenvalue weighted by molar-refractivity contribution is -0.182. The van der Waals surface area contributed by atoms with Crippen molar-refractivity contribution in [3.63, 3.8) is 0 Å². The van der Waals surface area contributed by atoms with Crippen molar-refractivity contribution < 1.29 is 28.6 Å². The Balaban J connectivity index is 4.86. The van der Waals surface area contributed by atoms with Crippen molar-refractivity contribution >= 4 is 17.9 Å². The van der Waals surface area contributed by atoms with Crippen LogP contribution >= 0.6 is 0 Å². The second-order valence-electron chi connectivity index (χ2n) is 7.42. The summed E-state index contributed by atoms with van der Waals surface area (Å²) >= 11 is 0. The number of ether oxygens (including phenoxy) is 3. The maximum Gasteiger partial charge on any atom is 0.359 e. The molecule has 0 N–H and O–H groups in total. The summed E-state index contributed by atoms with van der Waals surface area (Å²) in [5, 5.41) is 0. The average molecular weight is 415 g/mol. The molecule has 0 spiro atoms. The highest BCUT2D eigenvalue weighted by Gasteiger charge is 2.35. The molecule has 0 aliphatic rings. The van der Waals surface area contributed by atoms with E-state index in [1.54, 1.807) is 13.8 Å². The first kappa shape index (κ1) is 27.4. The molecule has 0 aliphatic carbocycles. The van der Waals surface area contributed by atoms with Gasteiger partial charge in [0.25, 0.3) is 6.10 Å². The van der Waals surface area contributed by atoms with Crippen molar-refractivity contribution in [3.05, 3.63) is 0 Å². The molecule has 0 aromatic rings. The lowest BCUT2D eigenvalue weighted by atomic mass is 9.94. The molecular formula is C23H42O6. The maximum atomic E-state index is 12.8. The number of hydrogen-bond donors (Lipinski definition) is 0. The highest BCUT2D eigenvalue weighted by Crippen LogP contribution is 2.21. The van der Waals surface area contributed by atoms with Crippen LogP contribution in [-0.4, -0.2) is 37.2 Å². The van der Waals surface area contributed by atoms with Crippen LogP contribution in [0.4, 0.5) is 0 Å². The summed E-state index contributed by atoms with van der Waals surface area (Å²) in [6.45, 7) is 7.81. The monoisotopic (exact) mass is 414 g/mol. The zero-order valence-corrected chi connectivity index (χ0v) is 19.0.